The number of carboxylic acid groups (broad SMARTS) is 1. The van der Waals surface area contributed by atoms with Crippen LogP contribution in [0.1, 0.15) is 27.2 Å². The van der Waals surface area contributed by atoms with E-state index < -0.39 is 12.0 Å². The van der Waals surface area contributed by atoms with Crippen LogP contribution in [-0.4, -0.2) is 41.4 Å². The summed E-state index contributed by atoms with van der Waals surface area (Å²) in [5.41, 5.74) is 0. The molecule has 1 unspecified atom stereocenters. The standard InChI is InChI=1S/C6H10N2O2.C3H8.ClH/c1-5(6(9)10)8-3-2-7-4-8;1-3-2;/h4-5H,2-3H2,1H3,(H,9,10);3H2,1-2H3;1H. The first-order valence-electron chi connectivity index (χ1n) is 4.62. The van der Waals surface area contributed by atoms with E-state index in [1.807, 2.05) is 0 Å². The van der Waals surface area contributed by atoms with Gasteiger partial charge in [0.2, 0.25) is 0 Å². The molecule has 1 aliphatic rings. The maximum atomic E-state index is 10.4. The van der Waals surface area contributed by atoms with E-state index in [1.54, 1.807) is 18.2 Å². The summed E-state index contributed by atoms with van der Waals surface area (Å²) in [6.45, 7) is 7.35. The summed E-state index contributed by atoms with van der Waals surface area (Å²) in [5, 5.41) is 8.54. The minimum Gasteiger partial charge on any atom is -0.480 e. The van der Waals surface area contributed by atoms with Gasteiger partial charge in [0.05, 0.1) is 12.9 Å². The van der Waals surface area contributed by atoms with Crippen molar-refractivity contribution >= 4 is 24.7 Å². The molecule has 0 saturated carbocycles. The van der Waals surface area contributed by atoms with Gasteiger partial charge < -0.3 is 10.0 Å². The Hall–Kier alpha value is -0.770. The molecule has 0 aromatic heterocycles. The monoisotopic (exact) mass is 222 g/mol. The summed E-state index contributed by atoms with van der Waals surface area (Å²) >= 11 is 0. The van der Waals surface area contributed by atoms with Gasteiger partial charge in [0.25, 0.3) is 0 Å². The molecule has 0 bridgehead atoms. The fraction of sp³-hybridized carbons (Fsp3) is 0.778. The van der Waals surface area contributed by atoms with E-state index in [2.05, 4.69) is 18.8 Å². The van der Waals surface area contributed by atoms with Crippen molar-refractivity contribution in [3.63, 3.8) is 0 Å². The largest absolute Gasteiger partial charge is 0.480 e. The van der Waals surface area contributed by atoms with Crippen LogP contribution < -0.4 is 0 Å². The lowest BCUT2D eigenvalue weighted by molar-refractivity contribution is -0.140. The molecule has 14 heavy (non-hydrogen) atoms. The topological polar surface area (TPSA) is 52.9 Å². The van der Waals surface area contributed by atoms with Crippen LogP contribution in [-0.2, 0) is 4.79 Å². The molecule has 0 fully saturated rings. The molecule has 5 heteroatoms. The summed E-state index contributed by atoms with van der Waals surface area (Å²) < 4.78 is 0. The molecule has 84 valence electrons. The number of hydrogen-bond acceptors (Lipinski definition) is 3. The summed E-state index contributed by atoms with van der Waals surface area (Å²) in [7, 11) is 0. The van der Waals surface area contributed by atoms with Gasteiger partial charge in [-0.2, -0.15) is 0 Å². The fourth-order valence-corrected chi connectivity index (χ4v) is 0.829. The van der Waals surface area contributed by atoms with Crippen molar-refractivity contribution in [2.45, 2.75) is 33.2 Å². The third kappa shape index (κ3) is 5.80. The van der Waals surface area contributed by atoms with Crippen molar-refractivity contribution in [1.29, 1.82) is 0 Å². The quantitative estimate of drug-likeness (QED) is 0.773. The average Bonchev–Trinajstić information content (AvgIpc) is 2.56. The minimum absolute atomic E-state index is 0. The van der Waals surface area contributed by atoms with Crippen LogP contribution in [0.25, 0.3) is 0 Å². The van der Waals surface area contributed by atoms with Gasteiger partial charge in [0.1, 0.15) is 6.04 Å². The Bertz CT molecular complexity index is 186. The smallest absolute Gasteiger partial charge is 0.326 e. The number of nitrogens with zero attached hydrogens (tertiary/aromatic N) is 2. The molecule has 1 aliphatic heterocycles. The maximum Gasteiger partial charge on any atom is 0.326 e. The number of rotatable bonds is 2. The van der Waals surface area contributed by atoms with Gasteiger partial charge in [-0.05, 0) is 6.92 Å². The molecular formula is C9H19ClN2O2. The number of carboxylic acids is 1. The van der Waals surface area contributed by atoms with Gasteiger partial charge in [-0.3, -0.25) is 4.99 Å². The second-order valence-electron chi connectivity index (χ2n) is 2.98. The lowest BCUT2D eigenvalue weighted by Crippen LogP contribution is -2.36. The van der Waals surface area contributed by atoms with Crippen LogP contribution >= 0.6 is 12.4 Å². The molecule has 0 spiro atoms. The van der Waals surface area contributed by atoms with E-state index in [9.17, 15) is 4.79 Å². The third-order valence-corrected chi connectivity index (χ3v) is 1.57. The first-order valence-corrected chi connectivity index (χ1v) is 4.62. The van der Waals surface area contributed by atoms with Crippen LogP contribution in [0, 0.1) is 0 Å². The zero-order valence-corrected chi connectivity index (χ0v) is 9.75. The Kier molecular flexibility index (Phi) is 9.88. The summed E-state index contributed by atoms with van der Waals surface area (Å²) in [5.74, 6) is -0.798. The van der Waals surface area contributed by atoms with Gasteiger partial charge in [-0.1, -0.05) is 20.3 Å². The SMILES string of the molecule is CC(C(=O)O)N1C=NCC1.CCC.Cl. The van der Waals surface area contributed by atoms with Crippen LogP contribution in [0.4, 0.5) is 0 Å². The molecule has 1 N–H and O–H groups in total. The number of hydrogen-bond donors (Lipinski definition) is 1. The minimum atomic E-state index is -0.798. The molecule has 0 radical (unpaired) electrons. The molecule has 1 atom stereocenters. The normalized spacial score (nSPS) is 15.2. The van der Waals surface area contributed by atoms with Gasteiger partial charge >= 0.3 is 5.97 Å². The second-order valence-corrected chi connectivity index (χ2v) is 2.98. The summed E-state index contributed by atoms with van der Waals surface area (Å²) in [4.78, 5) is 16.0. The molecule has 0 aromatic carbocycles. The third-order valence-electron chi connectivity index (χ3n) is 1.57. The highest BCUT2D eigenvalue weighted by atomic mass is 35.5. The van der Waals surface area contributed by atoms with E-state index in [-0.39, 0.29) is 12.4 Å². The molecule has 0 aromatic rings. The predicted molar refractivity (Wildman–Crippen MR) is 60.4 cm³/mol. The van der Waals surface area contributed by atoms with E-state index in [0.29, 0.717) is 0 Å². The molecule has 4 nitrogen and oxygen atoms in total. The maximum absolute atomic E-state index is 10.4. The lowest BCUT2D eigenvalue weighted by Gasteiger charge is -2.17. The number of aliphatic carboxylic acids is 1. The Morgan fingerprint density at radius 2 is 2.14 bits per heavy atom. The van der Waals surface area contributed by atoms with E-state index in [0.717, 1.165) is 13.1 Å². The van der Waals surface area contributed by atoms with Crippen molar-refractivity contribution < 1.29 is 9.90 Å². The Morgan fingerprint density at radius 1 is 1.64 bits per heavy atom. The van der Waals surface area contributed by atoms with Gasteiger partial charge in [-0.15, -0.1) is 12.4 Å². The van der Waals surface area contributed by atoms with E-state index in [4.69, 9.17) is 5.11 Å². The Balaban J connectivity index is 0. The molecular weight excluding hydrogens is 204 g/mol. The zero-order valence-electron chi connectivity index (χ0n) is 8.93. The van der Waals surface area contributed by atoms with E-state index >= 15 is 0 Å². The van der Waals surface area contributed by atoms with Crippen LogP contribution in [0.3, 0.4) is 0 Å². The van der Waals surface area contributed by atoms with Crippen molar-refractivity contribution in [2.24, 2.45) is 4.99 Å². The van der Waals surface area contributed by atoms with Crippen molar-refractivity contribution in [3.05, 3.63) is 0 Å². The second kappa shape index (κ2) is 8.81. The molecule has 0 amide bonds. The van der Waals surface area contributed by atoms with Gasteiger partial charge in [-0.25, -0.2) is 4.79 Å². The molecule has 1 rings (SSSR count). The lowest BCUT2D eigenvalue weighted by atomic mass is 10.3. The van der Waals surface area contributed by atoms with Crippen LogP contribution in [0.5, 0.6) is 0 Å². The van der Waals surface area contributed by atoms with Gasteiger partial charge in [0.15, 0.2) is 0 Å². The fourth-order valence-electron chi connectivity index (χ4n) is 0.829. The zero-order chi connectivity index (χ0) is 10.3. The number of halogens is 1. The summed E-state index contributed by atoms with van der Waals surface area (Å²) in [6.07, 6.45) is 2.85. The highest BCUT2D eigenvalue weighted by molar-refractivity contribution is 5.85. The predicted octanol–water partition coefficient (Wildman–Crippen LogP) is 1.64. The Morgan fingerprint density at radius 3 is 2.43 bits per heavy atom. The van der Waals surface area contributed by atoms with Crippen LogP contribution in [0.2, 0.25) is 0 Å². The molecule has 1 heterocycles. The number of aliphatic imine (C=N–C) groups is 1. The van der Waals surface area contributed by atoms with Crippen molar-refractivity contribution in [2.75, 3.05) is 13.1 Å². The van der Waals surface area contributed by atoms with Crippen molar-refractivity contribution in [1.82, 2.24) is 4.90 Å². The highest BCUT2D eigenvalue weighted by Crippen LogP contribution is 2.00. The first-order chi connectivity index (χ1) is 6.13. The average molecular weight is 223 g/mol. The van der Waals surface area contributed by atoms with Gasteiger partial charge in [0, 0.05) is 6.54 Å². The first kappa shape index (κ1) is 15.7. The van der Waals surface area contributed by atoms with Crippen molar-refractivity contribution in [3.8, 4) is 0 Å². The van der Waals surface area contributed by atoms with E-state index in [1.165, 1.54) is 6.42 Å². The highest BCUT2D eigenvalue weighted by Gasteiger charge is 2.19. The summed E-state index contributed by atoms with van der Waals surface area (Å²) in [6, 6.07) is -0.439. The molecule has 0 aliphatic carbocycles. The van der Waals surface area contributed by atoms with Crippen LogP contribution in [0.15, 0.2) is 4.99 Å². The number of carbonyl (C=O) groups is 1. The Labute approximate surface area is 91.4 Å². The molecule has 0 saturated heterocycles.